The molecule has 0 aromatic heterocycles. The summed E-state index contributed by atoms with van der Waals surface area (Å²) in [5, 5.41) is 22.7. The zero-order valence-corrected chi connectivity index (χ0v) is 36.0. The fourth-order valence-corrected chi connectivity index (χ4v) is 6.76. The second-order valence-electron chi connectivity index (χ2n) is 15.7. The Bertz CT molecular complexity index is 1830. The van der Waals surface area contributed by atoms with Gasteiger partial charge in [-0.05, 0) is 85.9 Å². The van der Waals surface area contributed by atoms with E-state index in [0.717, 1.165) is 5.56 Å². The summed E-state index contributed by atoms with van der Waals surface area (Å²) in [6.45, 7) is 7.02. The molecule has 322 valence electrons. The molecule has 3 rings (SSSR count). The lowest BCUT2D eigenvalue weighted by Crippen LogP contribution is -2.62. The number of amides is 3. The third kappa shape index (κ3) is 12.8. The maximum absolute atomic E-state index is 14.7. The molecule has 0 aliphatic carbocycles. The number of nitrogens with one attached hydrogen (secondary N) is 1. The van der Waals surface area contributed by atoms with Gasteiger partial charge in [0.15, 0.2) is 6.10 Å². The topological polar surface area (TPSA) is 175 Å². The zero-order chi connectivity index (χ0) is 44.0. The maximum Gasteiger partial charge on any atom is 0.324 e. The van der Waals surface area contributed by atoms with Gasteiger partial charge in [-0.1, -0.05) is 64.1 Å². The van der Waals surface area contributed by atoms with E-state index in [1.54, 1.807) is 83.3 Å². The lowest BCUT2D eigenvalue weighted by Gasteiger charge is -2.41. The van der Waals surface area contributed by atoms with Crippen LogP contribution in [0.15, 0.2) is 72.8 Å². The van der Waals surface area contributed by atoms with Crippen LogP contribution in [0.3, 0.4) is 0 Å². The molecule has 0 saturated heterocycles. The van der Waals surface area contributed by atoms with Crippen molar-refractivity contribution in [2.75, 3.05) is 49.0 Å². The average Bonchev–Trinajstić information content (AvgIpc) is 3.22. The Balaban J connectivity index is 1.95. The number of phenolic OH excluding ortho intramolecular Hbond substituents is 2. The molecule has 3 N–H and O–H groups in total. The molecule has 6 atom stereocenters. The van der Waals surface area contributed by atoms with Gasteiger partial charge in [0.1, 0.15) is 47.2 Å². The first-order valence-corrected chi connectivity index (χ1v) is 19.8. The lowest BCUT2D eigenvalue weighted by molar-refractivity contribution is -0.164. The summed E-state index contributed by atoms with van der Waals surface area (Å²) in [5.41, 5.74) is 0.643. The van der Waals surface area contributed by atoms with Gasteiger partial charge in [0, 0.05) is 40.0 Å². The van der Waals surface area contributed by atoms with Gasteiger partial charge in [-0.25, -0.2) is 0 Å². The first kappa shape index (κ1) is 47.9. The van der Waals surface area contributed by atoms with Gasteiger partial charge in [-0.2, -0.15) is 0 Å². The quantitative estimate of drug-likeness (QED) is 0.0987. The minimum absolute atomic E-state index is 0.00118. The molecule has 3 aromatic rings. The van der Waals surface area contributed by atoms with Crippen molar-refractivity contribution in [3.8, 4) is 17.2 Å². The van der Waals surface area contributed by atoms with E-state index in [1.165, 1.54) is 55.3 Å². The number of hydrogen-bond acceptors (Lipinski definition) is 11. The number of nitrogens with zero attached hydrogens (tertiary/aromatic N) is 3. The van der Waals surface area contributed by atoms with E-state index in [4.69, 9.17) is 14.2 Å². The Morgan fingerprint density at radius 1 is 0.763 bits per heavy atom. The molecule has 0 aliphatic heterocycles. The highest BCUT2D eigenvalue weighted by Crippen LogP contribution is 2.25. The third-order valence-corrected chi connectivity index (χ3v) is 10.9. The maximum atomic E-state index is 14.7. The number of likely N-dealkylation sites (N-methyl/N-ethyl adjacent to an activating group) is 3. The van der Waals surface area contributed by atoms with Gasteiger partial charge in [-0.3, -0.25) is 24.1 Å². The molecule has 0 fully saturated rings. The number of carbonyl (C=O) groups excluding carboxylic acids is 5. The lowest BCUT2D eigenvalue weighted by atomic mass is 9.89. The van der Waals surface area contributed by atoms with E-state index in [0.29, 0.717) is 36.0 Å². The zero-order valence-electron chi connectivity index (χ0n) is 36.0. The summed E-state index contributed by atoms with van der Waals surface area (Å²) in [6, 6.07) is 16.8. The van der Waals surface area contributed by atoms with E-state index >= 15 is 0 Å². The van der Waals surface area contributed by atoms with Gasteiger partial charge in [0.25, 0.3) is 5.91 Å². The second-order valence-corrected chi connectivity index (χ2v) is 15.7. The van der Waals surface area contributed by atoms with Crippen molar-refractivity contribution in [3.63, 3.8) is 0 Å². The molecule has 0 unspecified atom stereocenters. The van der Waals surface area contributed by atoms with E-state index in [9.17, 15) is 34.2 Å². The predicted octanol–water partition coefficient (Wildman–Crippen LogP) is 4.03. The molecule has 59 heavy (non-hydrogen) atoms. The molecule has 0 aliphatic rings. The van der Waals surface area contributed by atoms with Gasteiger partial charge >= 0.3 is 5.97 Å². The Labute approximate surface area is 348 Å². The normalized spacial score (nSPS) is 14.9. The van der Waals surface area contributed by atoms with Gasteiger partial charge in [0.2, 0.25) is 11.8 Å². The third-order valence-electron chi connectivity index (χ3n) is 10.9. The molecular formula is C45H62N4O10. The van der Waals surface area contributed by atoms with Crippen LogP contribution in [0.4, 0.5) is 0 Å². The molecular weight excluding hydrogens is 757 g/mol. The summed E-state index contributed by atoms with van der Waals surface area (Å²) in [4.78, 5) is 74.5. The Hall–Kier alpha value is -5.47. The molecule has 3 aromatic carbocycles. The van der Waals surface area contributed by atoms with Gasteiger partial charge in [0.05, 0.1) is 13.7 Å². The number of ether oxygens (including phenoxy) is 3. The van der Waals surface area contributed by atoms with Gasteiger partial charge < -0.3 is 44.3 Å². The van der Waals surface area contributed by atoms with Crippen LogP contribution in [0.2, 0.25) is 0 Å². The standard InChI is InChI=1S/C45H62N4O10/c1-11-30(4)40(59-44(56)38(47(5)6)25-32-16-22-36(58-10)23-17-32)41(53)46-39(29(2)3)43(55)48(7)37(24-31-12-18-34(51)19-13-31)42(54)49(8)45(27-50,28-57-9)26-33-14-20-35(52)21-15-33/h12-23,27,29-30,37-40,51-52H,11,24-26,28H2,1-10H3,(H,46,53)/t30-,37-,38-,39-,40+,45+/m1/s1. The van der Waals surface area contributed by atoms with Crippen molar-refractivity contribution >= 4 is 30.0 Å². The number of aldehydes is 1. The van der Waals surface area contributed by atoms with Crippen LogP contribution < -0.4 is 10.1 Å². The van der Waals surface area contributed by atoms with E-state index < -0.39 is 65.3 Å². The Morgan fingerprint density at radius 2 is 1.27 bits per heavy atom. The minimum atomic E-state index is -1.50. The van der Waals surface area contributed by atoms with Crippen LogP contribution in [-0.2, 0) is 52.7 Å². The van der Waals surface area contributed by atoms with Crippen molar-refractivity contribution in [3.05, 3.63) is 89.5 Å². The molecule has 14 heteroatoms. The fraction of sp³-hybridized carbons (Fsp3) is 0.489. The monoisotopic (exact) mass is 818 g/mol. The highest BCUT2D eigenvalue weighted by atomic mass is 16.6. The fourth-order valence-electron chi connectivity index (χ4n) is 6.76. The number of esters is 1. The number of carbonyl (C=O) groups is 5. The number of rotatable bonds is 22. The predicted molar refractivity (Wildman–Crippen MR) is 224 cm³/mol. The summed E-state index contributed by atoms with van der Waals surface area (Å²) in [7, 11) is 9.44. The van der Waals surface area contributed by atoms with Gasteiger partial charge in [-0.15, -0.1) is 0 Å². The highest BCUT2D eigenvalue weighted by molar-refractivity contribution is 5.94. The van der Waals surface area contributed by atoms with E-state index in [1.807, 2.05) is 19.1 Å². The molecule has 0 bridgehead atoms. The summed E-state index contributed by atoms with van der Waals surface area (Å²) < 4.78 is 16.7. The van der Waals surface area contributed by atoms with Crippen LogP contribution in [0, 0.1) is 11.8 Å². The molecule has 0 saturated carbocycles. The minimum Gasteiger partial charge on any atom is -0.508 e. The molecule has 0 heterocycles. The van der Waals surface area contributed by atoms with Crippen LogP contribution in [0.1, 0.15) is 50.8 Å². The Kier molecular flexibility index (Phi) is 17.9. The molecule has 14 nitrogen and oxygen atoms in total. The van der Waals surface area contributed by atoms with Crippen molar-refractivity contribution in [2.45, 2.75) is 83.1 Å². The smallest absolute Gasteiger partial charge is 0.324 e. The van der Waals surface area contributed by atoms with E-state index in [2.05, 4.69) is 5.32 Å². The highest BCUT2D eigenvalue weighted by Gasteiger charge is 2.43. The number of hydrogen-bond donors (Lipinski definition) is 3. The SMILES string of the molecule is CC[C@@H](C)[C@H](OC(=O)[C@@H](Cc1ccc(OC)cc1)N(C)C)C(=O)N[C@@H](C(=O)N(C)[C@H](Cc1ccc(O)cc1)C(=O)N(C)[C@@](C=O)(COC)Cc1ccc(O)cc1)C(C)C. The summed E-state index contributed by atoms with van der Waals surface area (Å²) in [5.74, 6) is -2.55. The first-order valence-electron chi connectivity index (χ1n) is 19.8. The van der Waals surface area contributed by atoms with Crippen LogP contribution >= 0.6 is 0 Å². The van der Waals surface area contributed by atoms with Crippen LogP contribution in [-0.4, -0.2) is 134 Å². The first-order chi connectivity index (χ1) is 27.9. The number of benzene rings is 3. The largest absolute Gasteiger partial charge is 0.508 e. The number of phenols is 2. The van der Waals surface area contributed by atoms with Crippen molar-refractivity contribution < 1.29 is 48.4 Å². The van der Waals surface area contributed by atoms with Crippen LogP contribution in [0.25, 0.3) is 0 Å². The van der Waals surface area contributed by atoms with Crippen LogP contribution in [0.5, 0.6) is 17.2 Å². The average molecular weight is 819 g/mol. The van der Waals surface area contributed by atoms with E-state index in [-0.39, 0.29) is 30.9 Å². The summed E-state index contributed by atoms with van der Waals surface area (Å²) >= 11 is 0. The Morgan fingerprint density at radius 3 is 1.73 bits per heavy atom. The van der Waals surface area contributed by atoms with Crippen molar-refractivity contribution in [1.82, 2.24) is 20.0 Å². The van der Waals surface area contributed by atoms with Crippen molar-refractivity contribution in [1.29, 1.82) is 0 Å². The molecule has 3 amide bonds. The van der Waals surface area contributed by atoms with Crippen molar-refractivity contribution in [2.24, 2.45) is 11.8 Å². The summed E-state index contributed by atoms with van der Waals surface area (Å²) in [6.07, 6.45) is 0.276. The number of aromatic hydroxyl groups is 2. The number of methoxy groups -OCH3 is 2. The molecule has 0 radical (unpaired) electrons. The molecule has 0 spiro atoms. The second kappa shape index (κ2) is 22.1.